The van der Waals surface area contributed by atoms with Crippen LogP contribution in [0, 0.1) is 0 Å². The second-order valence-electron chi connectivity index (χ2n) is 8.42. The molecule has 9 nitrogen and oxygen atoms in total. The minimum Gasteiger partial charge on any atom is -0.477 e. The second kappa shape index (κ2) is 9.86. The predicted molar refractivity (Wildman–Crippen MR) is 145 cm³/mol. The van der Waals surface area contributed by atoms with Gasteiger partial charge in [-0.25, -0.2) is 4.79 Å². The van der Waals surface area contributed by atoms with Gasteiger partial charge in [-0.2, -0.15) is 4.68 Å². The molecular weight excluding hydrogens is 559 g/mol. The molecule has 0 aliphatic carbocycles. The second-order valence-corrected chi connectivity index (χ2v) is 10.3. The third kappa shape index (κ3) is 4.40. The van der Waals surface area contributed by atoms with Crippen molar-refractivity contribution >= 4 is 64.2 Å². The van der Waals surface area contributed by atoms with Crippen molar-refractivity contribution in [1.29, 1.82) is 0 Å². The predicted octanol–water partition coefficient (Wildman–Crippen LogP) is 5.35. The van der Waals surface area contributed by atoms with Crippen molar-refractivity contribution in [1.82, 2.24) is 24.8 Å². The lowest BCUT2D eigenvalue weighted by Gasteiger charge is -2.18. The van der Waals surface area contributed by atoms with Crippen LogP contribution in [0.15, 0.2) is 58.7 Å². The van der Waals surface area contributed by atoms with E-state index in [1.165, 1.54) is 28.4 Å². The van der Waals surface area contributed by atoms with Gasteiger partial charge in [0, 0.05) is 51.1 Å². The Labute approximate surface area is 230 Å². The summed E-state index contributed by atoms with van der Waals surface area (Å²) in [6.07, 6.45) is 5.08. The van der Waals surface area contributed by atoms with Gasteiger partial charge in [0.05, 0.1) is 16.8 Å². The Morgan fingerprint density at radius 3 is 2.70 bits per heavy atom. The Kier molecular flexibility index (Phi) is 6.76. The van der Waals surface area contributed by atoms with Gasteiger partial charge < -0.3 is 9.67 Å². The van der Waals surface area contributed by atoms with E-state index >= 15 is 0 Å². The molecule has 0 saturated carbocycles. The lowest BCUT2D eigenvalue weighted by molar-refractivity contribution is 0.0702. The molecule has 37 heavy (non-hydrogen) atoms. The lowest BCUT2D eigenvalue weighted by Crippen LogP contribution is -2.27. The van der Waals surface area contributed by atoms with Gasteiger partial charge in [0.25, 0.3) is 5.56 Å². The maximum Gasteiger partial charge on any atom is 0.345 e. The number of carbonyl (C=O) groups is 1. The minimum atomic E-state index is -0.948. The van der Waals surface area contributed by atoms with Crippen LogP contribution in [0.5, 0.6) is 0 Å². The number of carboxylic acid groups (broad SMARTS) is 1. The molecule has 6 rings (SSSR count). The zero-order valence-electron chi connectivity index (χ0n) is 18.8. The first-order valence-corrected chi connectivity index (χ1v) is 12.5. The summed E-state index contributed by atoms with van der Waals surface area (Å²) in [6.45, 7) is 0. The van der Waals surface area contributed by atoms with Crippen LogP contribution in [0.25, 0.3) is 22.4 Å². The van der Waals surface area contributed by atoms with Gasteiger partial charge in [-0.1, -0.05) is 23.2 Å². The average molecular weight is 576 g/mol. The number of pyridine rings is 1. The first kappa shape index (κ1) is 25.3. The molecule has 13 heteroatoms. The molecule has 1 N–H and O–H groups in total. The topological polar surface area (TPSA) is 115 Å². The first-order chi connectivity index (χ1) is 17.4. The van der Waals surface area contributed by atoms with E-state index in [-0.39, 0.29) is 28.9 Å². The van der Waals surface area contributed by atoms with Crippen molar-refractivity contribution in [3.63, 3.8) is 0 Å². The van der Waals surface area contributed by atoms with Crippen molar-refractivity contribution in [2.75, 3.05) is 0 Å². The fraction of sp³-hybridized carbons (Fsp3) is 0.167. The van der Waals surface area contributed by atoms with E-state index in [1.54, 1.807) is 41.1 Å². The molecule has 0 saturated heterocycles. The van der Waals surface area contributed by atoms with Crippen molar-refractivity contribution < 1.29 is 9.90 Å². The molecule has 2 aliphatic rings. The van der Waals surface area contributed by atoms with Crippen LogP contribution in [-0.4, -0.2) is 41.6 Å². The van der Waals surface area contributed by atoms with E-state index in [0.717, 1.165) is 21.9 Å². The Morgan fingerprint density at radius 1 is 1.14 bits per heavy atom. The number of allylic oxidation sites excluding steroid dienone is 1. The van der Waals surface area contributed by atoms with Gasteiger partial charge in [0.2, 0.25) is 0 Å². The molecule has 5 heterocycles. The van der Waals surface area contributed by atoms with Crippen LogP contribution < -0.4 is 5.56 Å². The number of aromatic carboxylic acids is 1. The van der Waals surface area contributed by atoms with Crippen LogP contribution in [0.4, 0.5) is 0 Å². The molecule has 4 aromatic rings. The largest absolute Gasteiger partial charge is 0.477 e. The molecule has 0 amide bonds. The van der Waals surface area contributed by atoms with Gasteiger partial charge in [-0.3, -0.25) is 9.79 Å². The fourth-order valence-corrected chi connectivity index (χ4v) is 6.13. The number of benzene rings is 1. The molecule has 0 spiro atoms. The highest BCUT2D eigenvalue weighted by Gasteiger charge is 2.33. The lowest BCUT2D eigenvalue weighted by atomic mass is 10.0. The molecule has 0 radical (unpaired) electrons. The van der Waals surface area contributed by atoms with E-state index in [2.05, 4.69) is 20.5 Å². The van der Waals surface area contributed by atoms with Crippen molar-refractivity contribution in [2.24, 2.45) is 4.99 Å². The molecule has 188 valence electrons. The molecule has 3 aromatic heterocycles. The number of thiophene rings is 1. The Morgan fingerprint density at radius 2 is 1.97 bits per heavy atom. The van der Waals surface area contributed by atoms with Gasteiger partial charge in [-0.05, 0) is 59.2 Å². The van der Waals surface area contributed by atoms with E-state index < -0.39 is 5.97 Å². The number of hydrogen-bond donors (Lipinski definition) is 1. The highest BCUT2D eigenvalue weighted by atomic mass is 35.5. The van der Waals surface area contributed by atoms with Gasteiger partial charge in [0.15, 0.2) is 0 Å². The summed E-state index contributed by atoms with van der Waals surface area (Å²) >= 11 is 14.4. The van der Waals surface area contributed by atoms with E-state index in [4.69, 9.17) is 23.2 Å². The molecule has 0 fully saturated rings. The van der Waals surface area contributed by atoms with Gasteiger partial charge >= 0.3 is 5.97 Å². The summed E-state index contributed by atoms with van der Waals surface area (Å²) in [4.78, 5) is 30.4. The molecule has 0 unspecified atom stereocenters. The summed E-state index contributed by atoms with van der Waals surface area (Å²) in [5.74, 6) is -0.948. The van der Waals surface area contributed by atoms with Crippen molar-refractivity contribution in [2.45, 2.75) is 25.3 Å². The fourth-order valence-electron chi connectivity index (χ4n) is 4.76. The van der Waals surface area contributed by atoms with Crippen LogP contribution in [-0.2, 0) is 6.42 Å². The first-order valence-electron chi connectivity index (χ1n) is 11.0. The Balaban J connectivity index is 0.00000280. The molecule has 0 bridgehead atoms. The third-order valence-electron chi connectivity index (χ3n) is 6.37. The highest BCUT2D eigenvalue weighted by Crippen LogP contribution is 2.41. The summed E-state index contributed by atoms with van der Waals surface area (Å²) in [6, 6.07) is 9.94. The maximum atomic E-state index is 13.4. The summed E-state index contributed by atoms with van der Waals surface area (Å²) in [7, 11) is 0. The number of hydrogen-bond acceptors (Lipinski definition) is 7. The van der Waals surface area contributed by atoms with Gasteiger partial charge in [-0.15, -0.1) is 28.8 Å². The number of tetrazole rings is 1. The van der Waals surface area contributed by atoms with Gasteiger partial charge in [0.1, 0.15) is 11.2 Å². The number of nitrogens with zero attached hydrogens (tertiary/aromatic N) is 6. The highest BCUT2D eigenvalue weighted by molar-refractivity contribution is 7.15. The molecule has 1 atom stereocenters. The van der Waals surface area contributed by atoms with Crippen molar-refractivity contribution in [3.8, 4) is 16.8 Å². The van der Waals surface area contributed by atoms with Crippen molar-refractivity contribution in [3.05, 3.63) is 84.8 Å². The smallest absolute Gasteiger partial charge is 0.345 e. The standard InChI is InChI=1S/C24H16Cl2N6O3S.ClH/c25-13-1-2-17(31-11-28-29-30-31)14(8-13)15-9-22(33)32-18(3-4-19(32)23(15)26)16-7-12(10-27-16)20-5-6-21(36-20)24(34)35;/h1-2,5-6,8-11,18H,3-4,7H2,(H,34,35);1H/t18-;/m0./s1. The average Bonchev–Trinajstić information content (AvgIpc) is 3.67. The Hall–Kier alpha value is -3.31. The number of fused-ring (bicyclic) bond motifs is 1. The van der Waals surface area contributed by atoms with E-state index in [1.807, 2.05) is 0 Å². The zero-order chi connectivity index (χ0) is 25.0. The third-order valence-corrected chi connectivity index (χ3v) is 8.18. The van der Waals surface area contributed by atoms with E-state index in [0.29, 0.717) is 46.1 Å². The molecule has 1 aromatic carbocycles. The molecular formula is C24H17Cl3N6O3S. The summed E-state index contributed by atoms with van der Waals surface area (Å²) in [5, 5.41) is 21.6. The number of aromatic nitrogens is 5. The number of rotatable bonds is 5. The molecule has 2 aliphatic heterocycles. The summed E-state index contributed by atoms with van der Waals surface area (Å²) in [5.41, 5.74) is 4.22. The zero-order valence-corrected chi connectivity index (χ0v) is 22.0. The number of carboxylic acids is 1. The quantitative estimate of drug-likeness (QED) is 0.343. The van der Waals surface area contributed by atoms with Crippen LogP contribution in [0.2, 0.25) is 10.0 Å². The maximum absolute atomic E-state index is 13.4. The van der Waals surface area contributed by atoms with Crippen LogP contribution in [0.1, 0.15) is 39.1 Å². The number of aliphatic imine (C=N–C) groups is 1. The Bertz CT molecular complexity index is 1660. The SMILES string of the molecule is Cl.O=C(O)c1ccc(C2=CN=C([C@@H]3CCc4c(Cl)c(-c5cc(Cl)ccc5-n5cnnn5)cc(=O)n43)C2)s1. The van der Waals surface area contributed by atoms with Crippen LogP contribution in [0.3, 0.4) is 0 Å². The monoisotopic (exact) mass is 574 g/mol. The summed E-state index contributed by atoms with van der Waals surface area (Å²) < 4.78 is 3.22. The normalized spacial score (nSPS) is 16.2. The van der Waals surface area contributed by atoms with Crippen LogP contribution >= 0.6 is 46.9 Å². The number of halogens is 3. The minimum absolute atomic E-state index is 0. The van der Waals surface area contributed by atoms with E-state index in [9.17, 15) is 14.7 Å².